The van der Waals surface area contributed by atoms with E-state index < -0.39 is 12.0 Å². The van der Waals surface area contributed by atoms with Gasteiger partial charge in [-0.05, 0) is 31.0 Å². The Morgan fingerprint density at radius 3 is 3.07 bits per heavy atom. The van der Waals surface area contributed by atoms with Crippen molar-refractivity contribution in [2.45, 2.75) is 19.4 Å². The van der Waals surface area contributed by atoms with Gasteiger partial charge in [0.1, 0.15) is 11.2 Å². The summed E-state index contributed by atoms with van der Waals surface area (Å²) >= 11 is 5.70. The maximum Gasteiger partial charge on any atom is 0.323 e. The van der Waals surface area contributed by atoms with Crippen LogP contribution in [-0.4, -0.2) is 23.6 Å². The fourth-order valence-corrected chi connectivity index (χ4v) is 1.35. The number of carbonyl (C=O) groups excluding carboxylic acids is 1. The quantitative estimate of drug-likeness (QED) is 0.621. The molecule has 0 aliphatic carbocycles. The summed E-state index contributed by atoms with van der Waals surface area (Å²) in [5.41, 5.74) is 6.52. The molecule has 1 rings (SSSR count). The summed E-state index contributed by atoms with van der Waals surface area (Å²) < 4.78 is 4.79. The van der Waals surface area contributed by atoms with Gasteiger partial charge in [0.2, 0.25) is 0 Å². The maximum absolute atomic E-state index is 11.2. The van der Waals surface area contributed by atoms with Crippen molar-refractivity contribution in [1.29, 1.82) is 0 Å². The standard InChI is InChI=1S/C10H13ClN2O2/c1-2-15-10(14)8(12)5-7-3-4-13-9(11)6-7/h3-4,6,8H,2,5,12H2,1H3. The lowest BCUT2D eigenvalue weighted by molar-refractivity contribution is -0.144. The number of hydrogen-bond acceptors (Lipinski definition) is 4. The molecule has 1 heterocycles. The predicted molar refractivity (Wildman–Crippen MR) is 57.6 cm³/mol. The van der Waals surface area contributed by atoms with E-state index in [-0.39, 0.29) is 0 Å². The highest BCUT2D eigenvalue weighted by atomic mass is 35.5. The summed E-state index contributed by atoms with van der Waals surface area (Å²) in [6, 6.07) is 2.80. The van der Waals surface area contributed by atoms with Crippen LogP contribution >= 0.6 is 11.6 Å². The van der Waals surface area contributed by atoms with Gasteiger partial charge in [0, 0.05) is 6.20 Å². The normalized spacial score (nSPS) is 12.2. The number of carbonyl (C=O) groups is 1. The topological polar surface area (TPSA) is 65.2 Å². The van der Waals surface area contributed by atoms with E-state index in [2.05, 4.69) is 4.98 Å². The minimum Gasteiger partial charge on any atom is -0.465 e. The average Bonchev–Trinajstić information content (AvgIpc) is 2.18. The van der Waals surface area contributed by atoms with Crippen LogP contribution in [0, 0.1) is 0 Å². The van der Waals surface area contributed by atoms with Crippen molar-refractivity contribution in [2.75, 3.05) is 6.61 Å². The van der Waals surface area contributed by atoms with Crippen LogP contribution in [0.4, 0.5) is 0 Å². The van der Waals surface area contributed by atoms with Crippen molar-refractivity contribution in [2.24, 2.45) is 5.73 Å². The van der Waals surface area contributed by atoms with Crippen molar-refractivity contribution < 1.29 is 9.53 Å². The van der Waals surface area contributed by atoms with Gasteiger partial charge in [0.15, 0.2) is 0 Å². The molecule has 1 unspecified atom stereocenters. The summed E-state index contributed by atoms with van der Waals surface area (Å²) in [4.78, 5) is 15.1. The SMILES string of the molecule is CCOC(=O)C(N)Cc1ccnc(Cl)c1. The summed E-state index contributed by atoms with van der Waals surface area (Å²) in [7, 11) is 0. The van der Waals surface area contributed by atoms with E-state index in [4.69, 9.17) is 22.1 Å². The van der Waals surface area contributed by atoms with Crippen LogP contribution in [0.15, 0.2) is 18.3 Å². The van der Waals surface area contributed by atoms with E-state index in [1.54, 1.807) is 25.3 Å². The van der Waals surface area contributed by atoms with E-state index >= 15 is 0 Å². The highest BCUT2D eigenvalue weighted by molar-refractivity contribution is 6.29. The van der Waals surface area contributed by atoms with Crippen molar-refractivity contribution in [3.05, 3.63) is 29.0 Å². The fourth-order valence-electron chi connectivity index (χ4n) is 1.16. The highest BCUT2D eigenvalue weighted by Gasteiger charge is 2.14. The fraction of sp³-hybridized carbons (Fsp3) is 0.400. The Morgan fingerprint density at radius 1 is 1.73 bits per heavy atom. The van der Waals surface area contributed by atoms with E-state index in [1.807, 2.05) is 0 Å². The molecule has 0 fully saturated rings. The molecule has 0 amide bonds. The number of hydrogen-bond donors (Lipinski definition) is 1. The third-order valence-electron chi connectivity index (χ3n) is 1.84. The molecule has 0 aliphatic rings. The summed E-state index contributed by atoms with van der Waals surface area (Å²) in [5, 5.41) is 0.392. The van der Waals surface area contributed by atoms with E-state index in [0.717, 1.165) is 5.56 Å². The summed E-state index contributed by atoms with van der Waals surface area (Å²) in [5.74, 6) is -0.398. The zero-order valence-electron chi connectivity index (χ0n) is 8.44. The monoisotopic (exact) mass is 228 g/mol. The molecule has 4 nitrogen and oxygen atoms in total. The number of rotatable bonds is 4. The third-order valence-corrected chi connectivity index (χ3v) is 2.04. The number of ether oxygens (including phenoxy) is 1. The van der Waals surface area contributed by atoms with Gasteiger partial charge < -0.3 is 10.5 Å². The minimum atomic E-state index is -0.650. The van der Waals surface area contributed by atoms with Crippen LogP contribution in [0.1, 0.15) is 12.5 Å². The third kappa shape index (κ3) is 3.85. The van der Waals surface area contributed by atoms with Gasteiger partial charge in [0.25, 0.3) is 0 Å². The van der Waals surface area contributed by atoms with Crippen LogP contribution < -0.4 is 5.73 Å². The lowest BCUT2D eigenvalue weighted by Gasteiger charge is -2.10. The Kier molecular flexibility index (Phi) is 4.52. The molecule has 1 aromatic heterocycles. The largest absolute Gasteiger partial charge is 0.465 e. The number of pyridine rings is 1. The molecule has 1 atom stereocenters. The van der Waals surface area contributed by atoms with Crippen molar-refractivity contribution in [3.8, 4) is 0 Å². The van der Waals surface area contributed by atoms with Gasteiger partial charge in [-0.1, -0.05) is 11.6 Å². The minimum absolute atomic E-state index is 0.337. The van der Waals surface area contributed by atoms with Crippen LogP contribution in [0.25, 0.3) is 0 Å². The Balaban J connectivity index is 2.58. The number of esters is 1. The van der Waals surface area contributed by atoms with Gasteiger partial charge in [0.05, 0.1) is 6.61 Å². The first-order valence-corrected chi connectivity index (χ1v) is 5.04. The molecule has 0 aromatic carbocycles. The maximum atomic E-state index is 11.2. The first-order chi connectivity index (χ1) is 7.13. The molecule has 1 aromatic rings. The number of nitrogens with two attached hydrogens (primary N) is 1. The first-order valence-electron chi connectivity index (χ1n) is 4.66. The van der Waals surface area contributed by atoms with Crippen molar-refractivity contribution in [3.63, 3.8) is 0 Å². The molecule has 0 spiro atoms. The lowest BCUT2D eigenvalue weighted by atomic mass is 10.1. The molecule has 5 heteroatoms. The van der Waals surface area contributed by atoms with Gasteiger partial charge in [-0.3, -0.25) is 4.79 Å². The average molecular weight is 229 g/mol. The van der Waals surface area contributed by atoms with Gasteiger partial charge in [-0.2, -0.15) is 0 Å². The van der Waals surface area contributed by atoms with Crippen LogP contribution in [-0.2, 0) is 16.0 Å². The second-order valence-electron chi connectivity index (χ2n) is 3.05. The second-order valence-corrected chi connectivity index (χ2v) is 3.44. The summed E-state index contributed by atoms with van der Waals surface area (Å²) in [6.45, 7) is 2.08. The number of nitrogens with zero attached hydrogens (tertiary/aromatic N) is 1. The zero-order valence-corrected chi connectivity index (χ0v) is 9.20. The first kappa shape index (κ1) is 11.9. The van der Waals surface area contributed by atoms with E-state index in [1.165, 1.54) is 0 Å². The molecule has 0 bridgehead atoms. The Labute approximate surface area is 93.4 Å². The Hall–Kier alpha value is -1.13. The Morgan fingerprint density at radius 2 is 2.47 bits per heavy atom. The molecule has 82 valence electrons. The highest BCUT2D eigenvalue weighted by Crippen LogP contribution is 2.09. The molecule has 0 saturated carbocycles. The molecule has 0 radical (unpaired) electrons. The molecular formula is C10H13ClN2O2. The summed E-state index contributed by atoms with van der Waals surface area (Å²) in [6.07, 6.45) is 1.98. The predicted octanol–water partition coefficient (Wildman–Crippen LogP) is 1.17. The lowest BCUT2D eigenvalue weighted by Crippen LogP contribution is -2.34. The second kappa shape index (κ2) is 5.68. The number of aromatic nitrogens is 1. The molecule has 2 N–H and O–H groups in total. The zero-order chi connectivity index (χ0) is 11.3. The smallest absolute Gasteiger partial charge is 0.323 e. The number of halogens is 1. The van der Waals surface area contributed by atoms with Crippen LogP contribution in [0.5, 0.6) is 0 Å². The van der Waals surface area contributed by atoms with Gasteiger partial charge in [-0.25, -0.2) is 4.98 Å². The van der Waals surface area contributed by atoms with Crippen molar-refractivity contribution >= 4 is 17.6 Å². The van der Waals surface area contributed by atoms with Crippen LogP contribution in [0.3, 0.4) is 0 Å². The van der Waals surface area contributed by atoms with Gasteiger partial charge in [-0.15, -0.1) is 0 Å². The molecular weight excluding hydrogens is 216 g/mol. The van der Waals surface area contributed by atoms with E-state index in [9.17, 15) is 4.79 Å². The van der Waals surface area contributed by atoms with Crippen molar-refractivity contribution in [1.82, 2.24) is 4.98 Å². The Bertz CT molecular complexity index is 344. The molecule has 15 heavy (non-hydrogen) atoms. The van der Waals surface area contributed by atoms with Crippen LogP contribution in [0.2, 0.25) is 5.15 Å². The van der Waals surface area contributed by atoms with E-state index in [0.29, 0.717) is 18.2 Å². The molecule has 0 saturated heterocycles. The van der Waals surface area contributed by atoms with Gasteiger partial charge >= 0.3 is 5.97 Å². The molecule has 0 aliphatic heterocycles.